The summed E-state index contributed by atoms with van der Waals surface area (Å²) in [5, 5.41) is 2.82. The highest BCUT2D eigenvalue weighted by Crippen LogP contribution is 2.10. The quantitative estimate of drug-likeness (QED) is 0.715. The van der Waals surface area contributed by atoms with E-state index in [2.05, 4.69) is 10.2 Å². The highest BCUT2D eigenvalue weighted by molar-refractivity contribution is 5.73. The number of piperidine rings is 1. The first-order valence-electron chi connectivity index (χ1n) is 6.05. The Balaban J connectivity index is 2.28. The summed E-state index contributed by atoms with van der Waals surface area (Å²) >= 11 is 0. The number of ether oxygens (including phenoxy) is 1. The molecule has 6 nitrogen and oxygen atoms in total. The second-order valence-electron chi connectivity index (χ2n) is 4.22. The van der Waals surface area contributed by atoms with Crippen molar-refractivity contribution in [3.05, 3.63) is 0 Å². The van der Waals surface area contributed by atoms with Gasteiger partial charge in [-0.05, 0) is 26.3 Å². The SMILES string of the molecule is CCOC(=O)N[C@H]1CCCN(CCC(N)=O)C1. The molecule has 98 valence electrons. The van der Waals surface area contributed by atoms with Gasteiger partial charge in [0.1, 0.15) is 0 Å². The van der Waals surface area contributed by atoms with E-state index in [0.717, 1.165) is 25.9 Å². The van der Waals surface area contributed by atoms with E-state index in [9.17, 15) is 9.59 Å². The summed E-state index contributed by atoms with van der Waals surface area (Å²) in [5.74, 6) is -0.287. The molecular weight excluding hydrogens is 222 g/mol. The second kappa shape index (κ2) is 7.11. The fourth-order valence-electron chi connectivity index (χ4n) is 1.98. The highest BCUT2D eigenvalue weighted by Gasteiger charge is 2.21. The molecule has 17 heavy (non-hydrogen) atoms. The Labute approximate surface area is 101 Å². The Kier molecular flexibility index (Phi) is 5.76. The Hall–Kier alpha value is -1.30. The number of carbonyl (C=O) groups is 2. The molecule has 0 aromatic rings. The molecule has 0 saturated carbocycles. The number of nitrogens with one attached hydrogen (secondary N) is 1. The first-order valence-corrected chi connectivity index (χ1v) is 6.05. The van der Waals surface area contributed by atoms with Crippen LogP contribution in [0.25, 0.3) is 0 Å². The molecule has 0 aromatic heterocycles. The van der Waals surface area contributed by atoms with Crippen molar-refractivity contribution in [2.75, 3.05) is 26.2 Å². The lowest BCUT2D eigenvalue weighted by molar-refractivity contribution is -0.118. The molecule has 6 heteroatoms. The van der Waals surface area contributed by atoms with Crippen LogP contribution in [-0.2, 0) is 9.53 Å². The summed E-state index contributed by atoms with van der Waals surface area (Å²) in [6.45, 7) is 4.53. The third-order valence-corrected chi connectivity index (χ3v) is 2.78. The molecule has 1 atom stereocenters. The van der Waals surface area contributed by atoms with Gasteiger partial charge in [0.15, 0.2) is 0 Å². The molecule has 0 unspecified atom stereocenters. The molecule has 1 aliphatic heterocycles. The molecule has 1 heterocycles. The third kappa shape index (κ3) is 5.53. The molecule has 1 fully saturated rings. The minimum absolute atomic E-state index is 0.107. The lowest BCUT2D eigenvalue weighted by Crippen LogP contribution is -2.48. The van der Waals surface area contributed by atoms with E-state index in [4.69, 9.17) is 10.5 Å². The number of nitrogens with zero attached hydrogens (tertiary/aromatic N) is 1. The average molecular weight is 243 g/mol. The maximum atomic E-state index is 11.3. The molecule has 3 N–H and O–H groups in total. The lowest BCUT2D eigenvalue weighted by Gasteiger charge is -2.32. The number of rotatable bonds is 5. The molecule has 1 saturated heterocycles. The zero-order chi connectivity index (χ0) is 12.7. The normalized spacial score (nSPS) is 20.9. The molecular formula is C11H21N3O3. The molecule has 0 bridgehead atoms. The van der Waals surface area contributed by atoms with E-state index in [-0.39, 0.29) is 18.0 Å². The van der Waals surface area contributed by atoms with Crippen molar-refractivity contribution >= 4 is 12.0 Å². The standard InChI is InChI=1S/C11H21N3O3/c1-2-17-11(16)13-9-4-3-6-14(8-9)7-5-10(12)15/h9H,2-8H2,1H3,(H2,12,15)(H,13,16)/t9-/m0/s1. The van der Waals surface area contributed by atoms with Gasteiger partial charge in [-0.1, -0.05) is 0 Å². The van der Waals surface area contributed by atoms with Crippen molar-refractivity contribution in [1.29, 1.82) is 0 Å². The van der Waals surface area contributed by atoms with Crippen LogP contribution in [0.15, 0.2) is 0 Å². The number of nitrogens with two attached hydrogens (primary N) is 1. The van der Waals surface area contributed by atoms with Crippen LogP contribution in [-0.4, -0.2) is 49.2 Å². The van der Waals surface area contributed by atoms with Gasteiger partial charge < -0.3 is 20.7 Å². The zero-order valence-electron chi connectivity index (χ0n) is 10.3. The van der Waals surface area contributed by atoms with Crippen LogP contribution in [0.3, 0.4) is 0 Å². The first-order chi connectivity index (χ1) is 8.11. The smallest absolute Gasteiger partial charge is 0.407 e. The monoisotopic (exact) mass is 243 g/mol. The number of alkyl carbamates (subject to hydrolysis) is 1. The summed E-state index contributed by atoms with van der Waals surface area (Å²) in [7, 11) is 0. The van der Waals surface area contributed by atoms with Gasteiger partial charge in [0.2, 0.25) is 5.91 Å². The van der Waals surface area contributed by atoms with Crippen molar-refractivity contribution in [1.82, 2.24) is 10.2 Å². The topological polar surface area (TPSA) is 84.7 Å². The van der Waals surface area contributed by atoms with Crippen LogP contribution in [0, 0.1) is 0 Å². The minimum atomic E-state index is -0.366. The van der Waals surface area contributed by atoms with Crippen molar-refractivity contribution in [2.24, 2.45) is 5.73 Å². The number of amides is 2. The molecule has 0 radical (unpaired) electrons. The predicted octanol–water partition coefficient (Wildman–Crippen LogP) is 0.0723. The van der Waals surface area contributed by atoms with Gasteiger partial charge in [0.05, 0.1) is 6.61 Å². The fraction of sp³-hybridized carbons (Fsp3) is 0.818. The Morgan fingerprint density at radius 1 is 1.53 bits per heavy atom. The minimum Gasteiger partial charge on any atom is -0.450 e. The highest BCUT2D eigenvalue weighted by atomic mass is 16.5. The predicted molar refractivity (Wildman–Crippen MR) is 63.4 cm³/mol. The van der Waals surface area contributed by atoms with E-state index < -0.39 is 0 Å². The summed E-state index contributed by atoms with van der Waals surface area (Å²) in [5.41, 5.74) is 5.11. The van der Waals surface area contributed by atoms with Crippen LogP contribution in [0.4, 0.5) is 4.79 Å². The van der Waals surface area contributed by atoms with Crippen LogP contribution in [0.1, 0.15) is 26.2 Å². The molecule has 2 amide bonds. The van der Waals surface area contributed by atoms with E-state index in [1.165, 1.54) is 0 Å². The Bertz CT molecular complexity index is 271. The molecule has 1 aliphatic rings. The largest absolute Gasteiger partial charge is 0.450 e. The van der Waals surface area contributed by atoms with E-state index >= 15 is 0 Å². The summed E-state index contributed by atoms with van der Waals surface area (Å²) < 4.78 is 4.84. The van der Waals surface area contributed by atoms with Gasteiger partial charge in [0.25, 0.3) is 0 Å². The van der Waals surface area contributed by atoms with Crippen LogP contribution in [0.2, 0.25) is 0 Å². The summed E-state index contributed by atoms with van der Waals surface area (Å²) in [6, 6.07) is 0.107. The van der Waals surface area contributed by atoms with Crippen LogP contribution < -0.4 is 11.1 Å². The van der Waals surface area contributed by atoms with Gasteiger partial charge in [-0.25, -0.2) is 4.79 Å². The summed E-state index contributed by atoms with van der Waals surface area (Å²) in [4.78, 5) is 24.1. The molecule has 0 aliphatic carbocycles. The maximum absolute atomic E-state index is 11.3. The first kappa shape index (κ1) is 13.8. The number of carbonyl (C=O) groups excluding carboxylic acids is 2. The van der Waals surface area contributed by atoms with Gasteiger partial charge in [0, 0.05) is 25.6 Å². The van der Waals surface area contributed by atoms with Crippen molar-refractivity contribution in [3.8, 4) is 0 Å². The fourth-order valence-corrected chi connectivity index (χ4v) is 1.98. The molecule has 0 aromatic carbocycles. The van der Waals surface area contributed by atoms with Crippen molar-refractivity contribution in [2.45, 2.75) is 32.2 Å². The van der Waals surface area contributed by atoms with Gasteiger partial charge in [-0.2, -0.15) is 0 Å². The van der Waals surface area contributed by atoms with Crippen LogP contribution >= 0.6 is 0 Å². The second-order valence-corrected chi connectivity index (χ2v) is 4.22. The van der Waals surface area contributed by atoms with Gasteiger partial charge in [-0.15, -0.1) is 0 Å². The van der Waals surface area contributed by atoms with Gasteiger partial charge in [-0.3, -0.25) is 4.79 Å². The number of likely N-dealkylation sites (tertiary alicyclic amines) is 1. The zero-order valence-corrected chi connectivity index (χ0v) is 10.3. The van der Waals surface area contributed by atoms with E-state index in [1.54, 1.807) is 6.92 Å². The van der Waals surface area contributed by atoms with E-state index in [0.29, 0.717) is 19.6 Å². The van der Waals surface area contributed by atoms with E-state index in [1.807, 2.05) is 0 Å². The van der Waals surface area contributed by atoms with Crippen LogP contribution in [0.5, 0.6) is 0 Å². The average Bonchev–Trinajstić information content (AvgIpc) is 2.27. The number of primary amides is 1. The Morgan fingerprint density at radius 2 is 2.29 bits per heavy atom. The molecule has 1 rings (SSSR count). The number of hydrogen-bond donors (Lipinski definition) is 2. The summed E-state index contributed by atoms with van der Waals surface area (Å²) in [6.07, 6.45) is 1.96. The third-order valence-electron chi connectivity index (χ3n) is 2.78. The van der Waals surface area contributed by atoms with Gasteiger partial charge >= 0.3 is 6.09 Å². The van der Waals surface area contributed by atoms with Crippen molar-refractivity contribution in [3.63, 3.8) is 0 Å². The maximum Gasteiger partial charge on any atom is 0.407 e. The lowest BCUT2D eigenvalue weighted by atomic mass is 10.1. The number of hydrogen-bond acceptors (Lipinski definition) is 4. The Morgan fingerprint density at radius 3 is 2.94 bits per heavy atom. The molecule has 0 spiro atoms. The van der Waals surface area contributed by atoms with Crippen molar-refractivity contribution < 1.29 is 14.3 Å².